The van der Waals surface area contributed by atoms with E-state index in [-0.39, 0.29) is 6.04 Å². The van der Waals surface area contributed by atoms with Gasteiger partial charge in [-0.25, -0.2) is 0 Å². The van der Waals surface area contributed by atoms with Gasteiger partial charge >= 0.3 is 0 Å². The van der Waals surface area contributed by atoms with Crippen LogP contribution in [0.1, 0.15) is 49.9 Å². The van der Waals surface area contributed by atoms with E-state index < -0.39 is 0 Å². The molecule has 0 saturated carbocycles. The fourth-order valence-corrected chi connectivity index (χ4v) is 2.71. The Morgan fingerprint density at radius 2 is 2.06 bits per heavy atom. The van der Waals surface area contributed by atoms with Crippen LogP contribution in [-0.4, -0.2) is 29.3 Å². The molecule has 1 aromatic rings. The zero-order valence-corrected chi connectivity index (χ0v) is 10.1. The lowest BCUT2D eigenvalue weighted by atomic mass is 10.1. The Bertz CT molecular complexity index is 353. The summed E-state index contributed by atoms with van der Waals surface area (Å²) in [5, 5.41) is 11.0. The quantitative estimate of drug-likeness (QED) is 0.825. The normalized spacial score (nSPS) is 29.6. The number of piperidine rings is 1. The van der Waals surface area contributed by atoms with Crippen molar-refractivity contribution in [2.75, 3.05) is 13.1 Å². The lowest BCUT2D eigenvalue weighted by molar-refractivity contribution is 0.295. The largest absolute Gasteiger partial charge is 0.338 e. The molecule has 2 aliphatic heterocycles. The van der Waals surface area contributed by atoms with Crippen LogP contribution in [0.15, 0.2) is 4.52 Å². The summed E-state index contributed by atoms with van der Waals surface area (Å²) < 4.78 is 5.36. The summed E-state index contributed by atoms with van der Waals surface area (Å²) in [5.41, 5.74) is 0. The molecule has 0 radical (unpaired) electrons. The first kappa shape index (κ1) is 11.2. The number of rotatable bonds is 3. The van der Waals surface area contributed by atoms with Crippen molar-refractivity contribution in [2.24, 2.45) is 0 Å². The van der Waals surface area contributed by atoms with Crippen molar-refractivity contribution in [3.63, 3.8) is 0 Å². The van der Waals surface area contributed by atoms with Crippen LogP contribution in [0.4, 0.5) is 0 Å². The third-order valence-electron chi connectivity index (χ3n) is 3.68. The Hall–Kier alpha value is -0.940. The summed E-state index contributed by atoms with van der Waals surface area (Å²) in [4.78, 5) is 4.52. The molecule has 5 nitrogen and oxygen atoms in total. The van der Waals surface area contributed by atoms with Gasteiger partial charge < -0.3 is 15.2 Å². The molecule has 3 rings (SSSR count). The van der Waals surface area contributed by atoms with Crippen molar-refractivity contribution < 1.29 is 4.52 Å². The second kappa shape index (κ2) is 5.14. The van der Waals surface area contributed by atoms with Crippen molar-refractivity contribution >= 4 is 0 Å². The SMILES string of the molecule is C1CCC(c2nc(CC3CCCN3)no2)NC1. The highest BCUT2D eigenvalue weighted by Gasteiger charge is 2.22. The lowest BCUT2D eigenvalue weighted by Gasteiger charge is -2.19. The maximum absolute atomic E-state index is 5.36. The summed E-state index contributed by atoms with van der Waals surface area (Å²) in [5.74, 6) is 1.63. The molecule has 2 aliphatic rings. The van der Waals surface area contributed by atoms with Gasteiger partial charge in [0.05, 0.1) is 6.04 Å². The summed E-state index contributed by atoms with van der Waals surface area (Å²) in [6, 6.07) is 0.821. The van der Waals surface area contributed by atoms with Gasteiger partial charge in [-0.2, -0.15) is 4.98 Å². The van der Waals surface area contributed by atoms with Crippen LogP contribution in [0.5, 0.6) is 0 Å². The first-order chi connectivity index (χ1) is 8.42. The number of nitrogens with zero attached hydrogens (tertiary/aromatic N) is 2. The van der Waals surface area contributed by atoms with Gasteiger partial charge in [0.25, 0.3) is 0 Å². The van der Waals surface area contributed by atoms with Crippen LogP contribution in [0, 0.1) is 0 Å². The van der Waals surface area contributed by atoms with E-state index in [9.17, 15) is 0 Å². The summed E-state index contributed by atoms with van der Waals surface area (Å²) in [7, 11) is 0. The fourth-order valence-electron chi connectivity index (χ4n) is 2.71. The van der Waals surface area contributed by atoms with Crippen molar-refractivity contribution in [2.45, 2.75) is 50.6 Å². The molecule has 2 N–H and O–H groups in total. The Balaban J connectivity index is 1.60. The van der Waals surface area contributed by atoms with Crippen LogP contribution in [0.2, 0.25) is 0 Å². The second-order valence-corrected chi connectivity index (χ2v) is 5.05. The van der Waals surface area contributed by atoms with Crippen LogP contribution >= 0.6 is 0 Å². The highest BCUT2D eigenvalue weighted by Crippen LogP contribution is 2.21. The van der Waals surface area contributed by atoms with E-state index in [1.807, 2.05) is 0 Å². The number of hydrogen-bond donors (Lipinski definition) is 2. The predicted molar refractivity (Wildman–Crippen MR) is 63.6 cm³/mol. The highest BCUT2D eigenvalue weighted by atomic mass is 16.5. The average Bonchev–Trinajstić information content (AvgIpc) is 3.02. The standard InChI is InChI=1S/C12H20N4O/c1-2-6-14-10(5-1)12-15-11(16-17-12)8-9-4-3-7-13-9/h9-10,13-14H,1-8H2. The molecular formula is C12H20N4O. The van der Waals surface area contributed by atoms with Gasteiger partial charge in [0.15, 0.2) is 5.82 Å². The summed E-state index contributed by atoms with van der Waals surface area (Å²) >= 11 is 0. The molecule has 3 heterocycles. The second-order valence-electron chi connectivity index (χ2n) is 5.05. The molecule has 0 bridgehead atoms. The van der Waals surface area contributed by atoms with Gasteiger partial charge in [-0.05, 0) is 38.8 Å². The number of hydrogen-bond acceptors (Lipinski definition) is 5. The minimum Gasteiger partial charge on any atom is -0.338 e. The van der Waals surface area contributed by atoms with Crippen molar-refractivity contribution in [1.29, 1.82) is 0 Å². The minimum atomic E-state index is 0.279. The van der Waals surface area contributed by atoms with Gasteiger partial charge in [0, 0.05) is 12.5 Å². The van der Waals surface area contributed by atoms with E-state index in [0.29, 0.717) is 6.04 Å². The van der Waals surface area contributed by atoms with Gasteiger partial charge in [-0.15, -0.1) is 0 Å². The van der Waals surface area contributed by atoms with Crippen LogP contribution in [0.25, 0.3) is 0 Å². The first-order valence-corrected chi connectivity index (χ1v) is 6.71. The molecule has 0 aliphatic carbocycles. The monoisotopic (exact) mass is 236 g/mol. The van der Waals surface area contributed by atoms with E-state index >= 15 is 0 Å². The molecule has 2 saturated heterocycles. The Morgan fingerprint density at radius 3 is 2.82 bits per heavy atom. The number of aromatic nitrogens is 2. The van der Waals surface area contributed by atoms with Gasteiger partial charge in [-0.3, -0.25) is 0 Å². The molecular weight excluding hydrogens is 216 g/mol. The summed E-state index contributed by atoms with van der Waals surface area (Å²) in [6.45, 7) is 2.19. The van der Waals surface area contributed by atoms with Crippen LogP contribution < -0.4 is 10.6 Å². The molecule has 2 fully saturated rings. The first-order valence-electron chi connectivity index (χ1n) is 6.71. The fraction of sp³-hybridized carbons (Fsp3) is 0.833. The summed E-state index contributed by atoms with van der Waals surface area (Å²) in [6.07, 6.45) is 7.01. The van der Waals surface area contributed by atoms with Crippen molar-refractivity contribution in [3.05, 3.63) is 11.7 Å². The van der Waals surface area contributed by atoms with E-state index in [1.165, 1.54) is 25.7 Å². The number of nitrogens with one attached hydrogen (secondary N) is 2. The van der Waals surface area contributed by atoms with Crippen LogP contribution in [0.3, 0.4) is 0 Å². The maximum Gasteiger partial charge on any atom is 0.243 e. The lowest BCUT2D eigenvalue weighted by Crippen LogP contribution is -2.27. The maximum atomic E-state index is 5.36. The average molecular weight is 236 g/mol. The highest BCUT2D eigenvalue weighted by molar-refractivity contribution is 4.96. The molecule has 0 amide bonds. The van der Waals surface area contributed by atoms with Gasteiger partial charge in [0.1, 0.15) is 0 Å². The third-order valence-corrected chi connectivity index (χ3v) is 3.68. The third kappa shape index (κ3) is 2.66. The van der Waals surface area contributed by atoms with E-state index in [2.05, 4.69) is 20.8 Å². The Kier molecular flexibility index (Phi) is 3.38. The Morgan fingerprint density at radius 1 is 1.12 bits per heavy atom. The van der Waals surface area contributed by atoms with Crippen LogP contribution in [-0.2, 0) is 6.42 Å². The van der Waals surface area contributed by atoms with E-state index in [0.717, 1.165) is 37.6 Å². The predicted octanol–water partition coefficient (Wildman–Crippen LogP) is 1.18. The molecule has 0 spiro atoms. The minimum absolute atomic E-state index is 0.279. The zero-order chi connectivity index (χ0) is 11.5. The van der Waals surface area contributed by atoms with Crippen molar-refractivity contribution in [1.82, 2.24) is 20.8 Å². The van der Waals surface area contributed by atoms with Gasteiger partial charge in [0.2, 0.25) is 5.89 Å². The topological polar surface area (TPSA) is 63.0 Å². The molecule has 94 valence electrons. The molecule has 1 aromatic heterocycles. The van der Waals surface area contributed by atoms with E-state index in [4.69, 9.17) is 4.52 Å². The zero-order valence-electron chi connectivity index (χ0n) is 10.1. The molecule has 5 heteroatoms. The van der Waals surface area contributed by atoms with Crippen molar-refractivity contribution in [3.8, 4) is 0 Å². The molecule has 2 unspecified atom stereocenters. The Labute approximate surface area is 101 Å². The molecule has 0 aromatic carbocycles. The molecule has 2 atom stereocenters. The molecule has 17 heavy (non-hydrogen) atoms. The van der Waals surface area contributed by atoms with Gasteiger partial charge in [-0.1, -0.05) is 11.6 Å². The smallest absolute Gasteiger partial charge is 0.243 e. The van der Waals surface area contributed by atoms with E-state index in [1.54, 1.807) is 0 Å².